The van der Waals surface area contributed by atoms with Crippen LogP contribution in [0.2, 0.25) is 0 Å². The molecule has 1 aromatic carbocycles. The van der Waals surface area contributed by atoms with E-state index in [9.17, 15) is 14.7 Å². The Morgan fingerprint density at radius 2 is 1.76 bits per heavy atom. The summed E-state index contributed by atoms with van der Waals surface area (Å²) in [6.45, 7) is 0. The van der Waals surface area contributed by atoms with Gasteiger partial charge in [-0.05, 0) is 24.3 Å². The normalized spacial score (nSPS) is 11.5. The van der Waals surface area contributed by atoms with Crippen molar-refractivity contribution in [3.8, 4) is 5.88 Å². The van der Waals surface area contributed by atoms with E-state index in [2.05, 4.69) is 4.99 Å². The quantitative estimate of drug-likeness (QED) is 0.861. The average Bonchev–Trinajstić information content (AvgIpc) is 2.51. The van der Waals surface area contributed by atoms with Crippen LogP contribution in [0.4, 0.5) is 5.69 Å². The molecule has 2 rings (SSSR count). The van der Waals surface area contributed by atoms with Crippen LogP contribution in [0.5, 0.6) is 5.88 Å². The lowest BCUT2D eigenvalue weighted by Gasteiger charge is -2.06. The second-order valence-corrected chi connectivity index (χ2v) is 4.42. The summed E-state index contributed by atoms with van der Waals surface area (Å²) in [4.78, 5) is 27.7. The van der Waals surface area contributed by atoms with E-state index >= 15 is 0 Å². The minimum atomic E-state index is -0.576. The van der Waals surface area contributed by atoms with Crippen LogP contribution >= 0.6 is 0 Å². The van der Waals surface area contributed by atoms with Crippen LogP contribution in [-0.4, -0.2) is 20.5 Å². The van der Waals surface area contributed by atoms with Crippen molar-refractivity contribution in [1.29, 1.82) is 0 Å². The van der Waals surface area contributed by atoms with Crippen molar-refractivity contribution in [3.63, 3.8) is 0 Å². The van der Waals surface area contributed by atoms with Gasteiger partial charge in [-0.3, -0.25) is 18.9 Å². The summed E-state index contributed by atoms with van der Waals surface area (Å²) in [7, 11) is 2.76. The molecular formula is C15H15N3O3. The zero-order chi connectivity index (χ0) is 15.4. The summed E-state index contributed by atoms with van der Waals surface area (Å²) in [5.41, 5.74) is -0.314. The molecule has 6 nitrogen and oxygen atoms in total. The van der Waals surface area contributed by atoms with E-state index in [4.69, 9.17) is 0 Å². The largest absolute Gasteiger partial charge is 0.494 e. The Bertz CT molecular complexity index is 815. The van der Waals surface area contributed by atoms with Crippen molar-refractivity contribution >= 4 is 18.0 Å². The molecule has 0 saturated carbocycles. The molecule has 0 aliphatic rings. The molecule has 0 fully saturated rings. The fourth-order valence-corrected chi connectivity index (χ4v) is 1.79. The van der Waals surface area contributed by atoms with Gasteiger partial charge in [0.15, 0.2) is 0 Å². The van der Waals surface area contributed by atoms with Gasteiger partial charge in [0.2, 0.25) is 5.88 Å². The van der Waals surface area contributed by atoms with Crippen molar-refractivity contribution in [1.82, 2.24) is 9.13 Å². The molecule has 1 aromatic heterocycles. The zero-order valence-electron chi connectivity index (χ0n) is 11.7. The SMILES string of the molecule is Cn1c(O)c(/C=C/C=Nc2ccccc2)c(=O)n(C)c1=O. The molecule has 0 atom stereocenters. The minimum Gasteiger partial charge on any atom is -0.494 e. The predicted molar refractivity (Wildman–Crippen MR) is 82.2 cm³/mol. The molecule has 1 N–H and O–H groups in total. The van der Waals surface area contributed by atoms with Crippen LogP contribution in [0, 0.1) is 0 Å². The molecule has 0 aliphatic carbocycles. The second-order valence-electron chi connectivity index (χ2n) is 4.42. The average molecular weight is 285 g/mol. The Morgan fingerprint density at radius 3 is 2.43 bits per heavy atom. The molecule has 6 heteroatoms. The highest BCUT2D eigenvalue weighted by Gasteiger charge is 2.11. The lowest BCUT2D eigenvalue weighted by atomic mass is 10.3. The first-order valence-electron chi connectivity index (χ1n) is 6.27. The second kappa shape index (κ2) is 6.04. The molecule has 21 heavy (non-hydrogen) atoms. The van der Waals surface area contributed by atoms with Gasteiger partial charge >= 0.3 is 5.69 Å². The number of hydrogen-bond donors (Lipinski definition) is 1. The summed E-state index contributed by atoms with van der Waals surface area (Å²) in [5.74, 6) is -0.368. The van der Waals surface area contributed by atoms with Crippen molar-refractivity contribution in [2.24, 2.45) is 19.1 Å². The van der Waals surface area contributed by atoms with Crippen LogP contribution in [-0.2, 0) is 14.1 Å². The standard InChI is InChI=1S/C15H15N3O3/c1-17-13(19)12(14(20)18(2)15(17)21)9-6-10-16-11-7-4-3-5-8-11/h3-10,19H,1-2H3/b9-6+,16-10?. The van der Waals surface area contributed by atoms with Gasteiger partial charge in [-0.2, -0.15) is 0 Å². The number of hydrogen-bond acceptors (Lipinski definition) is 4. The maximum Gasteiger partial charge on any atom is 0.333 e. The maximum atomic E-state index is 11.9. The van der Waals surface area contributed by atoms with Crippen molar-refractivity contribution < 1.29 is 5.11 Å². The number of nitrogens with zero attached hydrogens (tertiary/aromatic N) is 3. The van der Waals surface area contributed by atoms with Crippen LogP contribution in [0.25, 0.3) is 6.08 Å². The van der Waals surface area contributed by atoms with Crippen molar-refractivity contribution in [3.05, 3.63) is 62.8 Å². The van der Waals surface area contributed by atoms with Crippen LogP contribution in [0.15, 0.2) is 51.0 Å². The first-order valence-corrected chi connectivity index (χ1v) is 6.27. The summed E-state index contributed by atoms with van der Waals surface area (Å²) in [6.07, 6.45) is 4.47. The van der Waals surface area contributed by atoms with E-state index in [0.29, 0.717) is 0 Å². The van der Waals surface area contributed by atoms with Crippen LogP contribution < -0.4 is 11.2 Å². The van der Waals surface area contributed by atoms with Gasteiger partial charge in [-0.1, -0.05) is 18.2 Å². The van der Waals surface area contributed by atoms with E-state index in [1.807, 2.05) is 30.3 Å². The highest BCUT2D eigenvalue weighted by atomic mass is 16.3. The number of aromatic hydroxyl groups is 1. The van der Waals surface area contributed by atoms with E-state index in [0.717, 1.165) is 14.8 Å². The smallest absolute Gasteiger partial charge is 0.333 e. The van der Waals surface area contributed by atoms with Gasteiger partial charge in [0, 0.05) is 20.3 Å². The summed E-state index contributed by atoms with van der Waals surface area (Å²) in [6, 6.07) is 9.30. The van der Waals surface area contributed by atoms with Gasteiger partial charge in [-0.15, -0.1) is 0 Å². The molecule has 2 aromatic rings. The third kappa shape index (κ3) is 3.00. The van der Waals surface area contributed by atoms with Gasteiger partial charge in [0.1, 0.15) is 5.56 Å². The molecular weight excluding hydrogens is 270 g/mol. The predicted octanol–water partition coefficient (Wildman–Crippen LogP) is 1.21. The summed E-state index contributed by atoms with van der Waals surface area (Å²) in [5, 5.41) is 9.85. The van der Waals surface area contributed by atoms with Gasteiger partial charge < -0.3 is 5.11 Å². The molecule has 108 valence electrons. The first kappa shape index (κ1) is 14.5. The number of aliphatic imine (C=N–C) groups is 1. The topological polar surface area (TPSA) is 76.6 Å². The third-order valence-electron chi connectivity index (χ3n) is 3.00. The Balaban J connectivity index is 2.33. The zero-order valence-corrected chi connectivity index (χ0v) is 11.7. The lowest BCUT2D eigenvalue weighted by molar-refractivity contribution is 0.410. The molecule has 0 aliphatic heterocycles. The number of aromatic nitrogens is 2. The Kier molecular flexibility index (Phi) is 4.18. The number of rotatable bonds is 3. The van der Waals surface area contributed by atoms with Crippen molar-refractivity contribution in [2.75, 3.05) is 0 Å². The van der Waals surface area contributed by atoms with Crippen LogP contribution in [0.1, 0.15) is 5.56 Å². The molecule has 0 spiro atoms. The summed E-state index contributed by atoms with van der Waals surface area (Å²) >= 11 is 0. The van der Waals surface area contributed by atoms with Crippen LogP contribution in [0.3, 0.4) is 0 Å². The first-order chi connectivity index (χ1) is 10.0. The van der Waals surface area contributed by atoms with E-state index in [1.54, 1.807) is 0 Å². The van der Waals surface area contributed by atoms with E-state index < -0.39 is 11.2 Å². The molecule has 0 bridgehead atoms. The monoisotopic (exact) mass is 285 g/mol. The minimum absolute atomic E-state index is 0.0408. The molecule has 0 saturated heterocycles. The number of para-hydroxylation sites is 1. The maximum absolute atomic E-state index is 11.9. The molecule has 0 radical (unpaired) electrons. The van der Waals surface area contributed by atoms with Gasteiger partial charge in [0.05, 0.1) is 5.69 Å². The lowest BCUT2D eigenvalue weighted by Crippen LogP contribution is -2.37. The Hall–Kier alpha value is -2.89. The van der Waals surface area contributed by atoms with Crippen molar-refractivity contribution in [2.45, 2.75) is 0 Å². The highest BCUT2D eigenvalue weighted by Crippen LogP contribution is 2.11. The number of benzene rings is 1. The number of allylic oxidation sites excluding steroid dienone is 1. The highest BCUT2D eigenvalue weighted by molar-refractivity contribution is 5.80. The van der Waals surface area contributed by atoms with Gasteiger partial charge in [0.25, 0.3) is 5.56 Å². The molecule has 0 amide bonds. The molecule has 0 unspecified atom stereocenters. The Morgan fingerprint density at radius 1 is 1.10 bits per heavy atom. The fourth-order valence-electron chi connectivity index (χ4n) is 1.79. The molecule has 1 heterocycles. The fraction of sp³-hybridized carbons (Fsp3) is 0.133. The summed E-state index contributed by atoms with van der Waals surface area (Å²) < 4.78 is 1.95. The van der Waals surface area contributed by atoms with E-state index in [-0.39, 0.29) is 11.4 Å². The third-order valence-corrected chi connectivity index (χ3v) is 3.00. The Labute approximate surface area is 120 Å². The van der Waals surface area contributed by atoms with E-state index in [1.165, 1.54) is 32.5 Å². The van der Waals surface area contributed by atoms with Gasteiger partial charge in [-0.25, -0.2) is 4.79 Å².